The summed E-state index contributed by atoms with van der Waals surface area (Å²) >= 11 is 10.9. The van der Waals surface area contributed by atoms with E-state index in [0.717, 1.165) is 4.32 Å². The van der Waals surface area contributed by atoms with Crippen LogP contribution in [0.5, 0.6) is 0 Å². The number of thiocarbonyl (C=S) groups is 1. The molecule has 0 aromatic carbocycles. The van der Waals surface area contributed by atoms with Gasteiger partial charge in [-0.2, -0.15) is 0 Å². The maximum atomic E-state index is 10.9. The van der Waals surface area contributed by atoms with Gasteiger partial charge in [0.1, 0.15) is 4.32 Å². The molecule has 2 N–H and O–H groups in total. The molecular formula is C10H16N2OS4. The second-order valence-corrected chi connectivity index (χ2v) is 7.71. The van der Waals surface area contributed by atoms with Crippen molar-refractivity contribution in [1.29, 1.82) is 0 Å². The summed E-state index contributed by atoms with van der Waals surface area (Å²) in [4.78, 5) is 10.9. The molecule has 0 spiro atoms. The Bertz CT molecular complexity index is 279. The first kappa shape index (κ1) is 15.2. The molecule has 1 amide bonds. The molecule has 96 valence electrons. The van der Waals surface area contributed by atoms with E-state index >= 15 is 0 Å². The minimum Gasteiger partial charge on any atom is -0.369 e. The fourth-order valence-corrected chi connectivity index (χ4v) is 5.42. The molecule has 1 heterocycles. The fourth-order valence-electron chi connectivity index (χ4n) is 1.15. The van der Waals surface area contributed by atoms with Crippen LogP contribution in [0.4, 0.5) is 0 Å². The van der Waals surface area contributed by atoms with Crippen molar-refractivity contribution in [1.82, 2.24) is 10.6 Å². The zero-order valence-electron chi connectivity index (χ0n) is 9.44. The lowest BCUT2D eigenvalue weighted by Gasteiger charge is -2.20. The van der Waals surface area contributed by atoms with Crippen molar-refractivity contribution in [2.24, 2.45) is 0 Å². The fraction of sp³-hybridized carbons (Fsp3) is 0.600. The standard InChI is InChI=1S/C10H16N2OS4/c1-2-9(13)11-3-4-12-10(14)17-8-5-15-7-16-6-8/h2,8H,1,3-7H2,(H,11,13)(H,12,14). The quantitative estimate of drug-likeness (QED) is 0.458. The van der Waals surface area contributed by atoms with Crippen molar-refractivity contribution < 1.29 is 4.79 Å². The summed E-state index contributed by atoms with van der Waals surface area (Å²) in [5.74, 6) is 2.20. The molecule has 0 saturated carbocycles. The lowest BCUT2D eigenvalue weighted by molar-refractivity contribution is -0.116. The molecule has 1 fully saturated rings. The van der Waals surface area contributed by atoms with Crippen LogP contribution in [0.3, 0.4) is 0 Å². The Balaban J connectivity index is 2.04. The van der Waals surface area contributed by atoms with E-state index in [4.69, 9.17) is 12.2 Å². The van der Waals surface area contributed by atoms with Gasteiger partial charge in [0.25, 0.3) is 0 Å². The number of hydrogen-bond donors (Lipinski definition) is 2. The average molecular weight is 309 g/mol. The minimum atomic E-state index is -0.148. The third-order valence-corrected chi connectivity index (χ3v) is 6.42. The van der Waals surface area contributed by atoms with Crippen LogP contribution < -0.4 is 10.6 Å². The molecule has 0 bridgehead atoms. The Morgan fingerprint density at radius 1 is 1.41 bits per heavy atom. The van der Waals surface area contributed by atoms with Gasteiger partial charge >= 0.3 is 0 Å². The molecule has 0 unspecified atom stereocenters. The maximum absolute atomic E-state index is 10.9. The van der Waals surface area contributed by atoms with Gasteiger partial charge in [-0.1, -0.05) is 30.6 Å². The van der Waals surface area contributed by atoms with Crippen LogP contribution in [-0.2, 0) is 4.79 Å². The Morgan fingerprint density at radius 2 is 2.06 bits per heavy atom. The van der Waals surface area contributed by atoms with Crippen molar-refractivity contribution >= 4 is 57.7 Å². The molecule has 0 aliphatic carbocycles. The Hall–Kier alpha value is 0.150. The van der Waals surface area contributed by atoms with Gasteiger partial charge < -0.3 is 10.6 Å². The molecule has 0 aromatic rings. The predicted molar refractivity (Wildman–Crippen MR) is 85.0 cm³/mol. The topological polar surface area (TPSA) is 41.1 Å². The van der Waals surface area contributed by atoms with E-state index in [1.54, 1.807) is 11.8 Å². The van der Waals surface area contributed by atoms with Gasteiger partial charge in [0.15, 0.2) is 0 Å². The van der Waals surface area contributed by atoms with E-state index in [9.17, 15) is 4.79 Å². The number of thioether (sulfide) groups is 3. The van der Waals surface area contributed by atoms with Gasteiger partial charge in [-0.05, 0) is 6.08 Å². The third-order valence-electron chi connectivity index (χ3n) is 1.93. The zero-order chi connectivity index (χ0) is 12.5. The summed E-state index contributed by atoms with van der Waals surface area (Å²) < 4.78 is 0.825. The summed E-state index contributed by atoms with van der Waals surface area (Å²) in [6.07, 6.45) is 1.27. The molecule has 0 radical (unpaired) electrons. The number of hydrogen-bond acceptors (Lipinski definition) is 5. The van der Waals surface area contributed by atoms with Crippen LogP contribution >= 0.6 is 47.5 Å². The van der Waals surface area contributed by atoms with Gasteiger partial charge in [0, 0.05) is 34.9 Å². The summed E-state index contributed by atoms with van der Waals surface area (Å²) in [7, 11) is 0. The van der Waals surface area contributed by atoms with Crippen LogP contribution in [0, 0.1) is 0 Å². The van der Waals surface area contributed by atoms with E-state index < -0.39 is 0 Å². The van der Waals surface area contributed by atoms with Gasteiger partial charge in [0.2, 0.25) is 5.91 Å². The largest absolute Gasteiger partial charge is 0.369 e. The molecule has 1 saturated heterocycles. The molecule has 3 nitrogen and oxygen atoms in total. The van der Waals surface area contributed by atoms with Crippen molar-refractivity contribution in [2.45, 2.75) is 5.25 Å². The van der Waals surface area contributed by atoms with Gasteiger partial charge in [0.05, 0.1) is 0 Å². The first-order valence-electron chi connectivity index (χ1n) is 5.22. The SMILES string of the molecule is C=CC(=O)NCCNC(=S)SC1CSCSC1. The normalized spacial score (nSPS) is 16.2. The lowest BCUT2D eigenvalue weighted by Crippen LogP contribution is -2.33. The van der Waals surface area contributed by atoms with Crippen molar-refractivity contribution in [2.75, 3.05) is 29.7 Å². The molecule has 1 aliphatic rings. The van der Waals surface area contributed by atoms with Crippen LogP contribution in [0.2, 0.25) is 0 Å². The van der Waals surface area contributed by atoms with Crippen molar-refractivity contribution in [3.05, 3.63) is 12.7 Å². The molecule has 1 rings (SSSR count). The van der Waals surface area contributed by atoms with Gasteiger partial charge in [-0.3, -0.25) is 4.79 Å². The first-order chi connectivity index (χ1) is 8.22. The Labute approximate surface area is 120 Å². The predicted octanol–water partition coefficient (Wildman–Crippen LogP) is 1.70. The number of carbonyl (C=O) groups is 1. The number of carbonyl (C=O) groups excluding carboxylic acids is 1. The van der Waals surface area contributed by atoms with Crippen molar-refractivity contribution in [3.8, 4) is 0 Å². The second kappa shape index (κ2) is 9.13. The van der Waals surface area contributed by atoms with E-state index in [2.05, 4.69) is 17.2 Å². The van der Waals surface area contributed by atoms with Crippen molar-refractivity contribution in [3.63, 3.8) is 0 Å². The highest BCUT2D eigenvalue weighted by Gasteiger charge is 2.16. The highest BCUT2D eigenvalue weighted by Crippen LogP contribution is 2.29. The summed E-state index contributed by atoms with van der Waals surface area (Å²) in [6.45, 7) is 4.62. The van der Waals surface area contributed by atoms with Crippen LogP contribution in [0.25, 0.3) is 0 Å². The summed E-state index contributed by atoms with van der Waals surface area (Å²) in [5, 5.41) is 7.64. The molecule has 1 aliphatic heterocycles. The zero-order valence-corrected chi connectivity index (χ0v) is 12.7. The number of rotatable bonds is 5. The molecule has 0 atom stereocenters. The number of nitrogens with one attached hydrogen (secondary N) is 2. The summed E-state index contributed by atoms with van der Waals surface area (Å²) in [6, 6.07) is 0. The molecular weight excluding hydrogens is 292 g/mol. The highest BCUT2D eigenvalue weighted by molar-refractivity contribution is 8.25. The Kier molecular flexibility index (Phi) is 8.17. The third kappa shape index (κ3) is 7.23. The average Bonchev–Trinajstić information content (AvgIpc) is 2.35. The van der Waals surface area contributed by atoms with Gasteiger partial charge in [-0.15, -0.1) is 23.5 Å². The maximum Gasteiger partial charge on any atom is 0.243 e. The monoisotopic (exact) mass is 308 g/mol. The lowest BCUT2D eigenvalue weighted by atomic mass is 10.5. The minimum absolute atomic E-state index is 0.148. The molecule has 7 heteroatoms. The van der Waals surface area contributed by atoms with E-state index in [1.165, 1.54) is 22.7 Å². The van der Waals surface area contributed by atoms with E-state index in [1.807, 2.05) is 23.5 Å². The number of amides is 1. The van der Waals surface area contributed by atoms with E-state index in [-0.39, 0.29) is 5.91 Å². The first-order valence-corrected chi connectivity index (χ1v) is 8.82. The Morgan fingerprint density at radius 3 is 2.71 bits per heavy atom. The van der Waals surface area contributed by atoms with E-state index in [0.29, 0.717) is 18.3 Å². The van der Waals surface area contributed by atoms with Crippen LogP contribution in [0.15, 0.2) is 12.7 Å². The molecule has 0 aromatic heterocycles. The highest BCUT2D eigenvalue weighted by atomic mass is 32.2. The molecule has 17 heavy (non-hydrogen) atoms. The van der Waals surface area contributed by atoms with Crippen LogP contribution in [0.1, 0.15) is 0 Å². The van der Waals surface area contributed by atoms with Gasteiger partial charge in [-0.25, -0.2) is 0 Å². The summed E-state index contributed by atoms with van der Waals surface area (Å²) in [5.41, 5.74) is 0. The second-order valence-electron chi connectivity index (χ2n) is 3.31. The smallest absolute Gasteiger partial charge is 0.243 e. The van der Waals surface area contributed by atoms with Crippen LogP contribution in [-0.4, -0.2) is 45.2 Å².